The number of aromatic hydroxyl groups is 1. The van der Waals surface area contributed by atoms with Crippen LogP contribution in [0.4, 0.5) is 4.39 Å². The van der Waals surface area contributed by atoms with Crippen LogP contribution in [0.25, 0.3) is 27.9 Å². The fourth-order valence-electron chi connectivity index (χ4n) is 3.65. The molecule has 8 heteroatoms. The highest BCUT2D eigenvalue weighted by Gasteiger charge is 2.22. The van der Waals surface area contributed by atoms with Crippen LogP contribution in [0.3, 0.4) is 0 Å². The zero-order chi connectivity index (χ0) is 23.8. The number of fused-ring (bicyclic) bond motifs is 1. The first-order chi connectivity index (χ1) is 16.4. The molecule has 0 saturated heterocycles. The van der Waals surface area contributed by atoms with E-state index in [1.54, 1.807) is 54.6 Å². The van der Waals surface area contributed by atoms with E-state index in [2.05, 4.69) is 0 Å². The fourth-order valence-corrected chi connectivity index (χ4v) is 4.60. The van der Waals surface area contributed by atoms with Gasteiger partial charge in [0.1, 0.15) is 21.7 Å². The molecule has 0 atom stereocenters. The summed E-state index contributed by atoms with van der Waals surface area (Å²) in [5.41, 5.74) is -0.215. The smallest absolute Gasteiger partial charge is 0.354 e. The van der Waals surface area contributed by atoms with Crippen molar-refractivity contribution in [1.29, 1.82) is 0 Å². The number of rotatable bonds is 4. The van der Waals surface area contributed by atoms with Gasteiger partial charge in [-0.1, -0.05) is 59.8 Å². The predicted octanol–water partition coefficient (Wildman–Crippen LogP) is 6.26. The van der Waals surface area contributed by atoms with Crippen LogP contribution >= 0.6 is 23.4 Å². The molecule has 34 heavy (non-hydrogen) atoms. The molecule has 0 unspecified atom stereocenters. The Morgan fingerprint density at radius 3 is 2.35 bits per heavy atom. The number of nitrogens with zero attached hydrogens (tertiary/aromatic N) is 1. The average molecular weight is 492 g/mol. The lowest BCUT2D eigenvalue weighted by Crippen LogP contribution is -2.22. The molecule has 0 aliphatic rings. The summed E-state index contributed by atoms with van der Waals surface area (Å²) in [7, 11) is 0. The maximum Gasteiger partial charge on any atom is 0.354 e. The first kappa shape index (κ1) is 22.0. The lowest BCUT2D eigenvalue weighted by atomic mass is 10.1. The maximum atomic E-state index is 14.1. The fraction of sp³-hybridized carbons (Fsp3) is 0. The van der Waals surface area contributed by atoms with Gasteiger partial charge in [-0.3, -0.25) is 9.36 Å². The minimum Gasteiger partial charge on any atom is -0.505 e. The van der Waals surface area contributed by atoms with Crippen molar-refractivity contribution in [2.45, 2.75) is 9.79 Å². The van der Waals surface area contributed by atoms with Crippen molar-refractivity contribution in [2.24, 2.45) is 0 Å². The minimum atomic E-state index is -0.785. The molecule has 0 fully saturated rings. The number of hydrogen-bond donors (Lipinski definition) is 1. The average Bonchev–Trinajstić information content (AvgIpc) is 2.83. The van der Waals surface area contributed by atoms with Crippen LogP contribution in [0.1, 0.15) is 0 Å². The minimum absolute atomic E-state index is 0.0699. The Bertz CT molecular complexity index is 1650. The zero-order valence-electron chi connectivity index (χ0n) is 17.4. The van der Waals surface area contributed by atoms with Gasteiger partial charge < -0.3 is 9.52 Å². The van der Waals surface area contributed by atoms with Crippen LogP contribution in [0.5, 0.6) is 5.75 Å². The van der Waals surface area contributed by atoms with Gasteiger partial charge in [0.25, 0.3) is 5.56 Å². The molecule has 0 amide bonds. The zero-order valence-corrected chi connectivity index (χ0v) is 18.9. The molecular formula is C26H15ClFNO4S. The monoisotopic (exact) mass is 491 g/mol. The van der Waals surface area contributed by atoms with Gasteiger partial charge in [0.2, 0.25) is 0 Å². The van der Waals surface area contributed by atoms with Crippen LogP contribution in [-0.4, -0.2) is 9.67 Å². The van der Waals surface area contributed by atoms with Crippen LogP contribution in [0.2, 0.25) is 5.02 Å². The van der Waals surface area contributed by atoms with Crippen molar-refractivity contribution < 1.29 is 13.9 Å². The standard InChI is InChI=1S/C26H15ClFNO4S/c27-16-9-11-19(12-10-16)34-24-23(30)22-21(33-26(24)32)14-20(15-5-2-1-3-6-15)29(25(22)31)18-8-4-7-17(28)13-18/h1-14,30H. The molecule has 0 bridgehead atoms. The van der Waals surface area contributed by atoms with E-state index in [0.717, 1.165) is 11.8 Å². The van der Waals surface area contributed by atoms with E-state index in [-0.39, 0.29) is 21.6 Å². The number of halogens is 2. The Hall–Kier alpha value is -3.81. The van der Waals surface area contributed by atoms with Gasteiger partial charge in [0.15, 0.2) is 5.75 Å². The normalized spacial score (nSPS) is 11.1. The summed E-state index contributed by atoms with van der Waals surface area (Å²) in [5.74, 6) is -1.02. The molecular weight excluding hydrogens is 477 g/mol. The summed E-state index contributed by atoms with van der Waals surface area (Å²) in [4.78, 5) is 26.9. The lowest BCUT2D eigenvalue weighted by Gasteiger charge is -2.15. The summed E-state index contributed by atoms with van der Waals surface area (Å²) < 4.78 is 20.8. The van der Waals surface area contributed by atoms with Crippen molar-refractivity contribution in [3.63, 3.8) is 0 Å². The highest BCUT2D eigenvalue weighted by molar-refractivity contribution is 7.99. The quantitative estimate of drug-likeness (QED) is 0.321. The number of benzene rings is 3. The highest BCUT2D eigenvalue weighted by Crippen LogP contribution is 2.37. The molecule has 0 aliphatic heterocycles. The number of pyridine rings is 1. The molecule has 3 aromatic carbocycles. The summed E-state index contributed by atoms with van der Waals surface area (Å²) in [6.07, 6.45) is 0. The number of hydrogen-bond acceptors (Lipinski definition) is 5. The van der Waals surface area contributed by atoms with Crippen LogP contribution in [-0.2, 0) is 0 Å². The second-order valence-corrected chi connectivity index (χ2v) is 8.90. The molecule has 0 spiro atoms. The molecule has 168 valence electrons. The summed E-state index contributed by atoms with van der Waals surface area (Å²) in [5, 5.41) is 11.4. The van der Waals surface area contributed by atoms with E-state index in [4.69, 9.17) is 16.0 Å². The van der Waals surface area contributed by atoms with Crippen LogP contribution in [0.15, 0.2) is 109 Å². The third-order valence-corrected chi connectivity index (χ3v) is 6.51. The van der Waals surface area contributed by atoms with E-state index in [0.29, 0.717) is 21.2 Å². The Labute approximate surface area is 201 Å². The van der Waals surface area contributed by atoms with Gasteiger partial charge in [0, 0.05) is 16.0 Å². The second-order valence-electron chi connectivity index (χ2n) is 7.38. The van der Waals surface area contributed by atoms with E-state index in [1.165, 1.54) is 28.8 Å². The van der Waals surface area contributed by atoms with E-state index < -0.39 is 22.8 Å². The van der Waals surface area contributed by atoms with Gasteiger partial charge in [-0.05, 0) is 48.0 Å². The molecule has 1 N–H and O–H groups in total. The van der Waals surface area contributed by atoms with Gasteiger partial charge in [-0.25, -0.2) is 9.18 Å². The lowest BCUT2D eigenvalue weighted by molar-refractivity contribution is 0.446. The molecule has 2 heterocycles. The largest absolute Gasteiger partial charge is 0.505 e. The third-order valence-electron chi connectivity index (χ3n) is 5.18. The molecule has 0 radical (unpaired) electrons. The van der Waals surface area contributed by atoms with Crippen molar-refractivity contribution >= 4 is 34.3 Å². The first-order valence-corrected chi connectivity index (χ1v) is 11.3. The van der Waals surface area contributed by atoms with E-state index >= 15 is 0 Å². The summed E-state index contributed by atoms with van der Waals surface area (Å²) >= 11 is 6.87. The van der Waals surface area contributed by atoms with Crippen molar-refractivity contribution in [3.05, 3.63) is 117 Å². The molecule has 0 aliphatic carbocycles. The molecule has 5 rings (SSSR count). The van der Waals surface area contributed by atoms with Gasteiger partial charge in [-0.15, -0.1) is 0 Å². The molecule has 5 aromatic rings. The van der Waals surface area contributed by atoms with Gasteiger partial charge in [0.05, 0.1) is 11.4 Å². The Morgan fingerprint density at radius 2 is 1.65 bits per heavy atom. The third kappa shape index (κ3) is 4.00. The summed E-state index contributed by atoms with van der Waals surface area (Å²) in [6.45, 7) is 0. The van der Waals surface area contributed by atoms with Crippen molar-refractivity contribution in [1.82, 2.24) is 4.57 Å². The topological polar surface area (TPSA) is 72.4 Å². The SMILES string of the molecule is O=c1oc2cc(-c3ccccc3)n(-c3cccc(F)c3)c(=O)c2c(O)c1Sc1ccc(Cl)cc1. The Morgan fingerprint density at radius 1 is 0.912 bits per heavy atom. The highest BCUT2D eigenvalue weighted by atomic mass is 35.5. The van der Waals surface area contributed by atoms with Crippen LogP contribution < -0.4 is 11.2 Å². The Kier molecular flexibility index (Phi) is 5.73. The maximum absolute atomic E-state index is 14.1. The van der Waals surface area contributed by atoms with Gasteiger partial charge >= 0.3 is 5.63 Å². The first-order valence-electron chi connectivity index (χ1n) is 10.1. The van der Waals surface area contributed by atoms with Crippen molar-refractivity contribution in [3.8, 4) is 22.7 Å². The van der Waals surface area contributed by atoms with E-state index in [9.17, 15) is 19.1 Å². The number of aromatic nitrogens is 1. The van der Waals surface area contributed by atoms with Crippen molar-refractivity contribution in [2.75, 3.05) is 0 Å². The van der Waals surface area contributed by atoms with Gasteiger partial charge in [-0.2, -0.15) is 0 Å². The Balaban J connectivity index is 1.81. The van der Waals surface area contributed by atoms with E-state index in [1.807, 2.05) is 6.07 Å². The molecule has 0 saturated carbocycles. The predicted molar refractivity (Wildman–Crippen MR) is 131 cm³/mol. The summed E-state index contributed by atoms with van der Waals surface area (Å²) in [6, 6.07) is 22.7. The second kappa shape index (κ2) is 8.85. The molecule has 5 nitrogen and oxygen atoms in total. The molecule has 2 aromatic heterocycles. The van der Waals surface area contributed by atoms with Crippen LogP contribution in [0, 0.1) is 5.82 Å².